The first-order valence-electron chi connectivity index (χ1n) is 8.31. The maximum atomic E-state index is 14.4. The van der Waals surface area contributed by atoms with Crippen LogP contribution in [0.1, 0.15) is 28.8 Å². The van der Waals surface area contributed by atoms with E-state index in [1.807, 2.05) is 0 Å². The molecule has 0 aliphatic carbocycles. The van der Waals surface area contributed by atoms with Gasteiger partial charge in [0.05, 0.1) is 0 Å². The topological polar surface area (TPSA) is 54.4 Å². The summed E-state index contributed by atoms with van der Waals surface area (Å²) in [6.45, 7) is 0. The van der Waals surface area contributed by atoms with Crippen molar-refractivity contribution in [3.8, 4) is 0 Å². The van der Waals surface area contributed by atoms with Crippen LogP contribution in [0.4, 0.5) is 22.0 Å². The number of Topliss-reactive ketones (excluding diaryl/α,β-unsaturated/α-hetero) is 1. The molecule has 28 heavy (non-hydrogen) atoms. The molecule has 1 unspecified atom stereocenters. The summed E-state index contributed by atoms with van der Waals surface area (Å²) in [6.07, 6.45) is -9.10. The highest BCUT2D eigenvalue weighted by molar-refractivity contribution is 5.96. The van der Waals surface area contributed by atoms with Crippen molar-refractivity contribution in [3.63, 3.8) is 0 Å². The molecule has 3 nitrogen and oxygen atoms in total. The van der Waals surface area contributed by atoms with Crippen LogP contribution in [0.25, 0.3) is 0 Å². The Balaban J connectivity index is 2.44. The molecule has 1 N–H and O–H groups in total. The van der Waals surface area contributed by atoms with Gasteiger partial charge in [0.1, 0.15) is 5.41 Å². The number of hydrogen-bond acceptors (Lipinski definition) is 2. The molecule has 8 heteroatoms. The molecule has 0 aliphatic heterocycles. The van der Waals surface area contributed by atoms with Crippen molar-refractivity contribution < 1.29 is 36.6 Å². The maximum absolute atomic E-state index is 14.4. The Kier molecular flexibility index (Phi) is 6.21. The summed E-state index contributed by atoms with van der Waals surface area (Å²) in [5, 5.41) is 9.48. The Hall–Kier alpha value is -2.77. The molecule has 2 rings (SSSR count). The minimum absolute atomic E-state index is 0.000912. The summed E-state index contributed by atoms with van der Waals surface area (Å²) in [4.78, 5) is 24.0. The van der Waals surface area contributed by atoms with Crippen molar-refractivity contribution in [1.29, 1.82) is 0 Å². The van der Waals surface area contributed by atoms with Crippen LogP contribution in [0, 0.1) is 5.41 Å². The first kappa shape index (κ1) is 21.5. The lowest BCUT2D eigenvalue weighted by Crippen LogP contribution is -2.57. The van der Waals surface area contributed by atoms with Gasteiger partial charge in [-0.15, -0.1) is 0 Å². The molecule has 0 aromatic heterocycles. The highest BCUT2D eigenvalue weighted by atomic mass is 19.4. The van der Waals surface area contributed by atoms with Gasteiger partial charge in [0.2, 0.25) is 0 Å². The molecule has 2 aromatic carbocycles. The maximum Gasteiger partial charge on any atom is 0.454 e. The average Bonchev–Trinajstić information content (AvgIpc) is 2.65. The zero-order valence-corrected chi connectivity index (χ0v) is 14.5. The van der Waals surface area contributed by atoms with Crippen LogP contribution in [0.3, 0.4) is 0 Å². The first-order valence-corrected chi connectivity index (χ1v) is 8.31. The Morgan fingerprint density at radius 2 is 1.32 bits per heavy atom. The fourth-order valence-electron chi connectivity index (χ4n) is 2.98. The number of carboxylic acids is 1. The Morgan fingerprint density at radius 3 is 1.79 bits per heavy atom. The molecule has 0 radical (unpaired) electrons. The zero-order chi connectivity index (χ0) is 21.0. The fourth-order valence-corrected chi connectivity index (χ4v) is 2.98. The van der Waals surface area contributed by atoms with Gasteiger partial charge < -0.3 is 5.11 Å². The highest BCUT2D eigenvalue weighted by Gasteiger charge is 2.72. The van der Waals surface area contributed by atoms with E-state index in [0.29, 0.717) is 0 Å². The van der Waals surface area contributed by atoms with Crippen molar-refractivity contribution >= 4 is 11.8 Å². The number of hydrogen-bond donors (Lipinski definition) is 1. The Labute approximate surface area is 157 Å². The third-order valence-corrected chi connectivity index (χ3v) is 4.59. The van der Waals surface area contributed by atoms with Crippen LogP contribution in [0.15, 0.2) is 60.7 Å². The van der Waals surface area contributed by atoms with Gasteiger partial charge in [-0.05, 0) is 18.4 Å². The zero-order valence-electron chi connectivity index (χ0n) is 14.5. The van der Waals surface area contributed by atoms with Crippen molar-refractivity contribution in [2.45, 2.75) is 31.4 Å². The van der Waals surface area contributed by atoms with E-state index in [0.717, 1.165) is 0 Å². The minimum atomic E-state index is -6.09. The molecule has 2 aromatic rings. The summed E-state index contributed by atoms with van der Waals surface area (Å²) < 4.78 is 68.3. The highest BCUT2D eigenvalue weighted by Crippen LogP contribution is 2.52. The number of alkyl halides is 5. The number of benzene rings is 2. The second-order valence-corrected chi connectivity index (χ2v) is 6.41. The molecule has 0 spiro atoms. The molecule has 0 amide bonds. The number of carbonyl (C=O) groups excluding carboxylic acids is 1. The van der Waals surface area contributed by atoms with Crippen molar-refractivity contribution in [1.82, 2.24) is 0 Å². The predicted octanol–water partition coefficient (Wildman–Crippen LogP) is 5.16. The van der Waals surface area contributed by atoms with Gasteiger partial charge in [0.15, 0.2) is 5.78 Å². The van der Waals surface area contributed by atoms with E-state index in [2.05, 4.69) is 0 Å². The predicted molar refractivity (Wildman–Crippen MR) is 91.2 cm³/mol. The number of halogens is 5. The minimum Gasteiger partial charge on any atom is -0.481 e. The number of carbonyl (C=O) groups is 2. The second kappa shape index (κ2) is 8.08. The fraction of sp³-hybridized carbons (Fsp3) is 0.300. The van der Waals surface area contributed by atoms with Gasteiger partial charge in [0, 0.05) is 12.0 Å². The molecule has 1 atom stereocenters. The lowest BCUT2D eigenvalue weighted by molar-refractivity contribution is -0.324. The smallest absolute Gasteiger partial charge is 0.454 e. The summed E-state index contributed by atoms with van der Waals surface area (Å²) in [6, 6.07) is 14.2. The summed E-state index contributed by atoms with van der Waals surface area (Å²) >= 11 is 0. The standard InChI is InChI=1S/C20H17F5O3/c21-19(22,20(23,24)25)18(17(27)28,13-14-7-3-1-4-8-14)12-11-16(26)15-9-5-2-6-10-15/h1-10H,11-13H2,(H,27,28). The second-order valence-electron chi connectivity index (χ2n) is 6.41. The molecule has 0 fully saturated rings. The largest absolute Gasteiger partial charge is 0.481 e. The van der Waals surface area contributed by atoms with E-state index in [9.17, 15) is 36.6 Å². The van der Waals surface area contributed by atoms with Crippen LogP contribution in [0.2, 0.25) is 0 Å². The van der Waals surface area contributed by atoms with Crippen LogP contribution >= 0.6 is 0 Å². The van der Waals surface area contributed by atoms with Gasteiger partial charge in [0.25, 0.3) is 0 Å². The first-order chi connectivity index (χ1) is 13.0. The lowest BCUT2D eigenvalue weighted by atomic mass is 9.71. The molecule has 0 bridgehead atoms. The van der Waals surface area contributed by atoms with E-state index < -0.39 is 48.5 Å². The quantitative estimate of drug-likeness (QED) is 0.492. The Bertz CT molecular complexity index is 819. The van der Waals surface area contributed by atoms with Gasteiger partial charge in [-0.3, -0.25) is 9.59 Å². The van der Waals surface area contributed by atoms with Crippen LogP contribution in [-0.2, 0) is 11.2 Å². The summed E-state index contributed by atoms with van der Waals surface area (Å²) in [5.74, 6) is -8.56. The van der Waals surface area contributed by atoms with E-state index in [1.54, 1.807) is 6.07 Å². The summed E-state index contributed by atoms with van der Waals surface area (Å²) in [7, 11) is 0. The molecule has 0 heterocycles. The van der Waals surface area contributed by atoms with Crippen molar-refractivity contribution in [3.05, 3.63) is 71.8 Å². The van der Waals surface area contributed by atoms with E-state index in [4.69, 9.17) is 0 Å². The normalized spacial score (nSPS) is 14.3. The number of ketones is 1. The molecule has 0 aliphatic rings. The van der Waals surface area contributed by atoms with E-state index >= 15 is 0 Å². The SMILES string of the molecule is O=C(CCC(Cc1ccccc1)(C(=O)O)C(F)(F)C(F)(F)F)c1ccccc1. The monoisotopic (exact) mass is 400 g/mol. The number of rotatable bonds is 8. The van der Waals surface area contributed by atoms with Crippen LogP contribution < -0.4 is 0 Å². The Morgan fingerprint density at radius 1 is 0.821 bits per heavy atom. The van der Waals surface area contributed by atoms with Gasteiger partial charge in [-0.2, -0.15) is 22.0 Å². The van der Waals surface area contributed by atoms with E-state index in [1.165, 1.54) is 54.6 Å². The lowest BCUT2D eigenvalue weighted by Gasteiger charge is -2.37. The van der Waals surface area contributed by atoms with Gasteiger partial charge >= 0.3 is 18.1 Å². The molecule has 0 saturated heterocycles. The molecule has 150 valence electrons. The van der Waals surface area contributed by atoms with Crippen LogP contribution in [-0.4, -0.2) is 29.0 Å². The van der Waals surface area contributed by atoms with Crippen molar-refractivity contribution in [2.24, 2.45) is 5.41 Å². The number of carboxylic acid groups (broad SMARTS) is 1. The van der Waals surface area contributed by atoms with E-state index in [-0.39, 0.29) is 11.1 Å². The third-order valence-electron chi connectivity index (χ3n) is 4.59. The summed E-state index contributed by atoms with van der Waals surface area (Å²) in [5.41, 5.74) is -3.41. The van der Waals surface area contributed by atoms with Gasteiger partial charge in [-0.1, -0.05) is 60.7 Å². The van der Waals surface area contributed by atoms with Crippen LogP contribution in [0.5, 0.6) is 0 Å². The third kappa shape index (κ3) is 4.21. The van der Waals surface area contributed by atoms with Gasteiger partial charge in [-0.25, -0.2) is 0 Å². The molecule has 0 saturated carbocycles. The number of aliphatic carboxylic acids is 1. The molecular formula is C20H17F5O3. The average molecular weight is 400 g/mol. The van der Waals surface area contributed by atoms with Crippen molar-refractivity contribution in [2.75, 3.05) is 0 Å². The molecular weight excluding hydrogens is 383 g/mol.